The molecule has 0 unspecified atom stereocenters. The van der Waals surface area contributed by atoms with Crippen LogP contribution in [0.1, 0.15) is 5.56 Å². The third kappa shape index (κ3) is 2.54. The molecule has 0 fully saturated rings. The summed E-state index contributed by atoms with van der Waals surface area (Å²) in [6.45, 7) is 1.85. The van der Waals surface area contributed by atoms with Crippen molar-refractivity contribution in [3.8, 4) is 0 Å². The Morgan fingerprint density at radius 3 is 2.56 bits per heavy atom. The van der Waals surface area contributed by atoms with Crippen LogP contribution in [0.4, 0.5) is 25.8 Å². The molecule has 0 saturated heterocycles. The Balaban J connectivity index is 2.43. The summed E-state index contributed by atoms with van der Waals surface area (Å²) in [4.78, 5) is 0. The highest BCUT2D eigenvalue weighted by atomic mass is 35.5. The fourth-order valence-electron chi connectivity index (χ4n) is 1.56. The molecular formula is C13H11ClF2N2. The molecule has 94 valence electrons. The van der Waals surface area contributed by atoms with Crippen molar-refractivity contribution in [3.05, 3.63) is 52.6 Å². The summed E-state index contributed by atoms with van der Waals surface area (Å²) in [6, 6.07) is 7.08. The fraction of sp³-hybridized carbons (Fsp3) is 0.0769. The molecule has 2 nitrogen and oxygen atoms in total. The summed E-state index contributed by atoms with van der Waals surface area (Å²) >= 11 is 5.87. The molecule has 0 heterocycles. The Morgan fingerprint density at radius 1 is 1.11 bits per heavy atom. The highest BCUT2D eigenvalue weighted by molar-refractivity contribution is 6.30. The van der Waals surface area contributed by atoms with Crippen LogP contribution in [-0.2, 0) is 0 Å². The smallest absolute Gasteiger partial charge is 0.151 e. The molecule has 2 rings (SSSR count). The zero-order valence-electron chi connectivity index (χ0n) is 9.60. The van der Waals surface area contributed by atoms with Crippen molar-refractivity contribution in [3.63, 3.8) is 0 Å². The molecular weight excluding hydrogens is 258 g/mol. The van der Waals surface area contributed by atoms with Crippen LogP contribution < -0.4 is 11.1 Å². The molecule has 2 aromatic rings. The number of anilines is 3. The van der Waals surface area contributed by atoms with Gasteiger partial charge in [0, 0.05) is 16.8 Å². The first-order valence-corrected chi connectivity index (χ1v) is 5.63. The maximum absolute atomic E-state index is 13.3. The molecule has 18 heavy (non-hydrogen) atoms. The Morgan fingerprint density at radius 2 is 1.83 bits per heavy atom. The third-order valence-corrected chi connectivity index (χ3v) is 2.80. The van der Waals surface area contributed by atoms with Crippen molar-refractivity contribution in [2.75, 3.05) is 11.1 Å². The fourth-order valence-corrected chi connectivity index (χ4v) is 1.73. The van der Waals surface area contributed by atoms with E-state index in [0.717, 1.165) is 17.7 Å². The average molecular weight is 269 g/mol. The van der Waals surface area contributed by atoms with Crippen molar-refractivity contribution < 1.29 is 8.78 Å². The summed E-state index contributed by atoms with van der Waals surface area (Å²) in [5.74, 6) is -1.49. The molecule has 0 aromatic heterocycles. The van der Waals surface area contributed by atoms with Gasteiger partial charge < -0.3 is 11.1 Å². The quantitative estimate of drug-likeness (QED) is 0.799. The van der Waals surface area contributed by atoms with E-state index >= 15 is 0 Å². The minimum absolute atomic E-state index is 0.129. The highest BCUT2D eigenvalue weighted by Crippen LogP contribution is 2.29. The first-order valence-electron chi connectivity index (χ1n) is 5.25. The van der Waals surface area contributed by atoms with E-state index in [1.807, 2.05) is 6.92 Å². The number of hydrogen-bond acceptors (Lipinski definition) is 2. The van der Waals surface area contributed by atoms with E-state index in [2.05, 4.69) is 5.32 Å². The topological polar surface area (TPSA) is 38.0 Å². The number of benzene rings is 2. The normalized spacial score (nSPS) is 10.4. The predicted molar refractivity (Wildman–Crippen MR) is 70.2 cm³/mol. The largest absolute Gasteiger partial charge is 0.395 e. The van der Waals surface area contributed by atoms with Gasteiger partial charge in [-0.25, -0.2) is 8.78 Å². The number of nitrogens with two attached hydrogens (primary N) is 1. The third-order valence-electron chi connectivity index (χ3n) is 2.56. The van der Waals surface area contributed by atoms with Gasteiger partial charge in [0.05, 0.1) is 11.4 Å². The zero-order chi connectivity index (χ0) is 13.3. The lowest BCUT2D eigenvalue weighted by molar-refractivity contribution is 0.587. The summed E-state index contributed by atoms with van der Waals surface area (Å²) in [5.41, 5.74) is 7.14. The summed E-state index contributed by atoms with van der Waals surface area (Å²) in [6.07, 6.45) is 0. The molecule has 0 saturated carbocycles. The number of aryl methyl sites for hydroxylation is 1. The van der Waals surface area contributed by atoms with Gasteiger partial charge in [-0.1, -0.05) is 17.7 Å². The average Bonchev–Trinajstić information content (AvgIpc) is 2.30. The Hall–Kier alpha value is -1.81. The summed E-state index contributed by atoms with van der Waals surface area (Å²) in [5, 5.41) is 3.40. The molecule has 0 aliphatic carbocycles. The van der Waals surface area contributed by atoms with Crippen LogP contribution in [0, 0.1) is 18.6 Å². The molecule has 0 aliphatic heterocycles. The first-order chi connectivity index (χ1) is 8.47. The van der Waals surface area contributed by atoms with E-state index in [9.17, 15) is 8.78 Å². The number of hydrogen-bond donors (Lipinski definition) is 2. The Kier molecular flexibility index (Phi) is 3.39. The Bertz CT molecular complexity index is 600. The summed E-state index contributed by atoms with van der Waals surface area (Å²) < 4.78 is 26.4. The van der Waals surface area contributed by atoms with Crippen molar-refractivity contribution in [1.29, 1.82) is 0 Å². The van der Waals surface area contributed by atoms with Crippen molar-refractivity contribution >= 4 is 28.7 Å². The molecule has 0 bridgehead atoms. The van der Waals surface area contributed by atoms with Crippen LogP contribution in [-0.4, -0.2) is 0 Å². The monoisotopic (exact) mass is 268 g/mol. The van der Waals surface area contributed by atoms with Gasteiger partial charge in [-0.15, -0.1) is 0 Å². The number of nitrogen functional groups attached to an aromatic ring is 1. The van der Waals surface area contributed by atoms with Gasteiger partial charge in [0.2, 0.25) is 0 Å². The van der Waals surface area contributed by atoms with Crippen molar-refractivity contribution in [2.45, 2.75) is 6.92 Å². The van der Waals surface area contributed by atoms with E-state index in [1.54, 1.807) is 18.2 Å². The number of halogens is 3. The number of rotatable bonds is 2. The second-order valence-corrected chi connectivity index (χ2v) is 4.37. The lowest BCUT2D eigenvalue weighted by Gasteiger charge is -2.12. The summed E-state index contributed by atoms with van der Waals surface area (Å²) in [7, 11) is 0. The van der Waals surface area contributed by atoms with Gasteiger partial charge in [0.1, 0.15) is 5.82 Å². The highest BCUT2D eigenvalue weighted by Gasteiger charge is 2.09. The van der Waals surface area contributed by atoms with Crippen LogP contribution in [0.2, 0.25) is 5.02 Å². The minimum atomic E-state index is -0.794. The van der Waals surface area contributed by atoms with E-state index in [1.165, 1.54) is 0 Å². The van der Waals surface area contributed by atoms with E-state index < -0.39 is 11.6 Å². The van der Waals surface area contributed by atoms with Crippen molar-refractivity contribution in [2.24, 2.45) is 0 Å². The molecule has 5 heteroatoms. The number of nitrogens with one attached hydrogen (secondary N) is 1. The van der Waals surface area contributed by atoms with Gasteiger partial charge >= 0.3 is 0 Å². The first kappa shape index (κ1) is 12.6. The molecule has 0 radical (unpaired) electrons. The van der Waals surface area contributed by atoms with Crippen LogP contribution in [0.15, 0.2) is 30.3 Å². The molecule has 0 spiro atoms. The van der Waals surface area contributed by atoms with Crippen LogP contribution in [0.5, 0.6) is 0 Å². The van der Waals surface area contributed by atoms with Gasteiger partial charge in [-0.3, -0.25) is 0 Å². The molecule has 2 aromatic carbocycles. The Labute approximate surface area is 108 Å². The minimum Gasteiger partial charge on any atom is -0.395 e. The maximum atomic E-state index is 13.3. The molecule has 0 aliphatic rings. The van der Waals surface area contributed by atoms with Crippen LogP contribution in [0.3, 0.4) is 0 Å². The van der Waals surface area contributed by atoms with Gasteiger partial charge in [-0.05, 0) is 30.7 Å². The molecule has 0 atom stereocenters. The van der Waals surface area contributed by atoms with Gasteiger partial charge in [0.25, 0.3) is 0 Å². The predicted octanol–water partition coefficient (Wildman–Crippen LogP) is 4.25. The van der Waals surface area contributed by atoms with E-state index in [-0.39, 0.29) is 11.4 Å². The molecule has 0 amide bonds. The lowest BCUT2D eigenvalue weighted by Crippen LogP contribution is -2.01. The van der Waals surface area contributed by atoms with E-state index in [0.29, 0.717) is 10.7 Å². The second kappa shape index (κ2) is 4.82. The van der Waals surface area contributed by atoms with Crippen LogP contribution >= 0.6 is 11.6 Å². The zero-order valence-corrected chi connectivity index (χ0v) is 10.4. The molecule has 3 N–H and O–H groups in total. The van der Waals surface area contributed by atoms with E-state index in [4.69, 9.17) is 17.3 Å². The standard InChI is InChI=1S/C13H11ClF2N2/c1-7-2-3-8(14)4-11(7)18-12-6-9(15)5-10(16)13(12)17/h2-6,18H,17H2,1H3. The van der Waals surface area contributed by atoms with Gasteiger partial charge in [0.15, 0.2) is 5.82 Å². The SMILES string of the molecule is Cc1ccc(Cl)cc1Nc1cc(F)cc(F)c1N. The van der Waals surface area contributed by atoms with Gasteiger partial charge in [-0.2, -0.15) is 0 Å². The lowest BCUT2D eigenvalue weighted by atomic mass is 10.2. The maximum Gasteiger partial charge on any atom is 0.151 e. The van der Waals surface area contributed by atoms with Crippen molar-refractivity contribution in [1.82, 2.24) is 0 Å². The second-order valence-electron chi connectivity index (χ2n) is 3.93. The van der Waals surface area contributed by atoms with Crippen LogP contribution in [0.25, 0.3) is 0 Å².